The van der Waals surface area contributed by atoms with Crippen molar-refractivity contribution in [2.24, 2.45) is 0 Å². The number of alkyl halides is 2. The molecule has 0 saturated heterocycles. The molecule has 2 aromatic carbocycles. The van der Waals surface area contributed by atoms with Crippen LogP contribution < -0.4 is 10.1 Å². The van der Waals surface area contributed by atoms with E-state index >= 15 is 0 Å². The molecule has 1 amide bonds. The average Bonchev–Trinajstić information content (AvgIpc) is 3.23. The van der Waals surface area contributed by atoms with E-state index in [1.807, 2.05) is 0 Å². The van der Waals surface area contributed by atoms with Crippen molar-refractivity contribution in [1.82, 2.24) is 4.98 Å². The third-order valence-corrected chi connectivity index (χ3v) is 4.62. The van der Waals surface area contributed by atoms with Gasteiger partial charge in [0.15, 0.2) is 17.8 Å². The van der Waals surface area contributed by atoms with Crippen molar-refractivity contribution >= 4 is 29.2 Å². The van der Waals surface area contributed by atoms with Crippen LogP contribution in [-0.2, 0) is 20.7 Å². The van der Waals surface area contributed by atoms with Gasteiger partial charge < -0.3 is 19.2 Å². The number of hydrogen-bond acceptors (Lipinski definition) is 6. The Morgan fingerprint density at radius 1 is 1.21 bits per heavy atom. The molecule has 0 aliphatic carbocycles. The minimum atomic E-state index is -3.04. The number of rotatable bonds is 9. The highest BCUT2D eigenvalue weighted by molar-refractivity contribution is 6.32. The summed E-state index contributed by atoms with van der Waals surface area (Å²) in [7, 11) is 0. The van der Waals surface area contributed by atoms with Gasteiger partial charge in [-0.05, 0) is 37.3 Å². The van der Waals surface area contributed by atoms with Crippen molar-refractivity contribution < 1.29 is 36.7 Å². The number of nitrogens with one attached hydrogen (secondary N) is 1. The Hall–Kier alpha value is -3.53. The van der Waals surface area contributed by atoms with Crippen molar-refractivity contribution in [2.75, 3.05) is 5.32 Å². The summed E-state index contributed by atoms with van der Waals surface area (Å²) in [5.74, 6) is -1.59. The topological polar surface area (TPSA) is 90.7 Å². The lowest BCUT2D eigenvalue weighted by Crippen LogP contribution is -2.30. The molecule has 0 radical (unpaired) electrons. The van der Waals surface area contributed by atoms with Crippen LogP contribution in [0.1, 0.15) is 19.2 Å². The van der Waals surface area contributed by atoms with Gasteiger partial charge in [-0.15, -0.1) is 0 Å². The number of nitrogens with zero attached hydrogens (tertiary/aromatic N) is 1. The van der Waals surface area contributed by atoms with Gasteiger partial charge in [-0.25, -0.2) is 9.37 Å². The minimum absolute atomic E-state index is 0.0861. The fourth-order valence-corrected chi connectivity index (χ4v) is 2.97. The van der Waals surface area contributed by atoms with Crippen LogP contribution in [0.2, 0.25) is 5.02 Å². The van der Waals surface area contributed by atoms with E-state index in [1.54, 1.807) is 18.2 Å². The lowest BCUT2D eigenvalue weighted by atomic mass is 10.2. The number of benzene rings is 2. The monoisotopic (exact) mass is 482 g/mol. The highest BCUT2D eigenvalue weighted by Crippen LogP contribution is 2.29. The quantitative estimate of drug-likeness (QED) is 0.419. The Labute approximate surface area is 191 Å². The molecule has 0 bridgehead atoms. The van der Waals surface area contributed by atoms with Crippen LogP contribution >= 0.6 is 11.6 Å². The molecule has 0 saturated carbocycles. The summed E-state index contributed by atoms with van der Waals surface area (Å²) in [5.41, 5.74) is 0.452. The fourth-order valence-electron chi connectivity index (χ4n) is 2.74. The molecule has 1 heterocycles. The first-order valence-corrected chi connectivity index (χ1v) is 10.0. The number of carbonyl (C=O) groups is 2. The predicted octanol–water partition coefficient (Wildman–Crippen LogP) is 5.24. The molecule has 1 N–H and O–H groups in total. The predicted molar refractivity (Wildman–Crippen MR) is 112 cm³/mol. The maximum Gasteiger partial charge on any atom is 0.387 e. The zero-order chi connectivity index (χ0) is 24.0. The third-order valence-electron chi connectivity index (χ3n) is 4.33. The number of aryl methyl sites for hydroxylation is 1. The second-order valence-electron chi connectivity index (χ2n) is 6.74. The van der Waals surface area contributed by atoms with Crippen LogP contribution in [0.4, 0.5) is 18.9 Å². The van der Waals surface area contributed by atoms with E-state index in [0.717, 1.165) is 0 Å². The van der Waals surface area contributed by atoms with E-state index < -0.39 is 30.4 Å². The standard InChI is InChI=1S/C22H18ClF3N2O5/c1-12(21(30)28-13-6-7-17(15(23)10-13)33-22(25)26)31-20(29)9-8-19-27-11-18(32-19)14-4-2-3-5-16(14)24/h2-7,10-12,22H,8-9H2,1H3,(H,28,30)/t12-/m0/s1. The van der Waals surface area contributed by atoms with Crippen molar-refractivity contribution in [2.45, 2.75) is 32.5 Å². The van der Waals surface area contributed by atoms with E-state index in [1.165, 1.54) is 37.4 Å². The first kappa shape index (κ1) is 24.1. The van der Waals surface area contributed by atoms with Crippen LogP contribution in [0.25, 0.3) is 11.3 Å². The molecule has 174 valence electrons. The molecule has 3 rings (SSSR count). The average molecular weight is 483 g/mol. The van der Waals surface area contributed by atoms with Crippen LogP contribution in [0.5, 0.6) is 5.75 Å². The molecule has 33 heavy (non-hydrogen) atoms. The van der Waals surface area contributed by atoms with E-state index in [2.05, 4.69) is 15.0 Å². The SMILES string of the molecule is C[C@H](OC(=O)CCc1ncc(-c2ccccc2F)o1)C(=O)Nc1ccc(OC(F)F)c(Cl)c1. The molecule has 0 aliphatic rings. The van der Waals surface area contributed by atoms with Gasteiger partial charge >= 0.3 is 12.6 Å². The second kappa shape index (κ2) is 10.9. The molecule has 0 spiro atoms. The second-order valence-corrected chi connectivity index (χ2v) is 7.15. The number of carbonyl (C=O) groups excluding carboxylic acids is 2. The third kappa shape index (κ3) is 6.72. The van der Waals surface area contributed by atoms with Crippen molar-refractivity contribution in [3.05, 3.63) is 65.4 Å². The molecule has 7 nitrogen and oxygen atoms in total. The van der Waals surface area contributed by atoms with Gasteiger partial charge in [-0.3, -0.25) is 9.59 Å². The Morgan fingerprint density at radius 2 is 1.97 bits per heavy atom. The van der Waals surface area contributed by atoms with Crippen molar-refractivity contribution in [1.29, 1.82) is 0 Å². The van der Waals surface area contributed by atoms with Gasteiger partial charge in [0.2, 0.25) is 0 Å². The van der Waals surface area contributed by atoms with Gasteiger partial charge in [-0.2, -0.15) is 8.78 Å². The Balaban J connectivity index is 1.49. The van der Waals surface area contributed by atoms with Gasteiger partial charge in [0, 0.05) is 12.1 Å². The summed E-state index contributed by atoms with van der Waals surface area (Å²) in [6, 6.07) is 9.75. The smallest absolute Gasteiger partial charge is 0.387 e. The normalized spacial score (nSPS) is 11.8. The molecule has 11 heteroatoms. The lowest BCUT2D eigenvalue weighted by Gasteiger charge is -2.14. The number of amides is 1. The van der Waals surface area contributed by atoms with E-state index in [-0.39, 0.29) is 46.5 Å². The number of anilines is 1. The summed E-state index contributed by atoms with van der Waals surface area (Å²) in [6.07, 6.45) is 0.174. The number of halogens is 4. The maximum atomic E-state index is 13.8. The van der Waals surface area contributed by atoms with Crippen molar-refractivity contribution in [3.8, 4) is 17.1 Å². The number of esters is 1. The minimum Gasteiger partial charge on any atom is -0.453 e. The molecule has 0 aliphatic heterocycles. The number of aromatic nitrogens is 1. The van der Waals surface area contributed by atoms with E-state index in [9.17, 15) is 22.8 Å². The summed E-state index contributed by atoms with van der Waals surface area (Å²) in [6.45, 7) is -1.67. The molecule has 3 aromatic rings. The zero-order valence-electron chi connectivity index (χ0n) is 17.2. The van der Waals surface area contributed by atoms with Gasteiger partial charge in [0.1, 0.15) is 11.6 Å². The summed E-state index contributed by atoms with van der Waals surface area (Å²) < 4.78 is 53.2. The van der Waals surface area contributed by atoms with Gasteiger partial charge in [0.05, 0.1) is 23.2 Å². The van der Waals surface area contributed by atoms with Crippen LogP contribution in [-0.4, -0.2) is 29.6 Å². The summed E-state index contributed by atoms with van der Waals surface area (Å²) in [4.78, 5) is 28.3. The first-order chi connectivity index (χ1) is 15.7. The molecular weight excluding hydrogens is 465 g/mol. The van der Waals surface area contributed by atoms with E-state index in [0.29, 0.717) is 0 Å². The number of hydrogen-bond donors (Lipinski definition) is 1. The first-order valence-electron chi connectivity index (χ1n) is 9.67. The molecule has 1 aromatic heterocycles. The zero-order valence-corrected chi connectivity index (χ0v) is 17.9. The fraction of sp³-hybridized carbons (Fsp3) is 0.227. The van der Waals surface area contributed by atoms with Crippen LogP contribution in [0.3, 0.4) is 0 Å². The molecule has 0 unspecified atom stereocenters. The summed E-state index contributed by atoms with van der Waals surface area (Å²) in [5, 5.41) is 2.33. The maximum absolute atomic E-state index is 13.8. The number of ether oxygens (including phenoxy) is 2. The molecule has 0 fully saturated rings. The Kier molecular flexibility index (Phi) is 7.94. The molecular formula is C22H18ClF3N2O5. The van der Waals surface area contributed by atoms with E-state index in [4.69, 9.17) is 20.8 Å². The van der Waals surface area contributed by atoms with Crippen molar-refractivity contribution in [3.63, 3.8) is 0 Å². The van der Waals surface area contributed by atoms with Gasteiger partial charge in [-0.1, -0.05) is 23.7 Å². The molecule has 1 atom stereocenters. The van der Waals surface area contributed by atoms with Gasteiger partial charge in [0.25, 0.3) is 5.91 Å². The van der Waals surface area contributed by atoms with Crippen LogP contribution in [0, 0.1) is 5.82 Å². The highest BCUT2D eigenvalue weighted by atomic mass is 35.5. The Bertz CT molecular complexity index is 1140. The largest absolute Gasteiger partial charge is 0.453 e. The van der Waals surface area contributed by atoms with Crippen LogP contribution in [0.15, 0.2) is 53.1 Å². The highest BCUT2D eigenvalue weighted by Gasteiger charge is 2.20. The summed E-state index contributed by atoms with van der Waals surface area (Å²) >= 11 is 5.84. The Morgan fingerprint density at radius 3 is 2.67 bits per heavy atom. The lowest BCUT2D eigenvalue weighted by molar-refractivity contribution is -0.153. The number of oxazole rings is 1.